The zero-order valence-electron chi connectivity index (χ0n) is 36.7. The Morgan fingerprint density at radius 3 is 1.37 bits per heavy atom. The topological polar surface area (TPSA) is 102 Å². The van der Waals surface area contributed by atoms with Gasteiger partial charge in [0, 0.05) is 19.3 Å². The van der Waals surface area contributed by atoms with E-state index < -0.39 is 18.1 Å². The molecule has 2 atom stereocenters. The molecule has 8 nitrogen and oxygen atoms in total. The van der Waals surface area contributed by atoms with Crippen LogP contribution in [0, 0.1) is 0 Å². The smallest absolute Gasteiger partial charge is 0.306 e. The van der Waals surface area contributed by atoms with Gasteiger partial charge in [-0.25, -0.2) is 0 Å². The van der Waals surface area contributed by atoms with Gasteiger partial charge in [-0.2, -0.15) is 0 Å². The van der Waals surface area contributed by atoms with Crippen molar-refractivity contribution in [2.45, 2.75) is 167 Å². The standard InChI is InChI=1S/C49H81NO7/c1-6-8-10-12-14-16-18-20-22-23-24-25-26-28-30-32-34-36-38-40-48(52)57-45(43-55-42-41-46(49(53)54)50(3,4)5)44-56-47(51)39-37-35-33-31-29-27-21-19-17-15-13-11-9-7-2/h8-11,14-17,20-22,24-25,27,45-46H,6-7,12-13,18-19,23,26,28-44H2,1-5H3/b10-8+,11-9+,16-14+,17-15+,22-20+,25-24+,27-21+. The highest BCUT2D eigenvalue weighted by molar-refractivity contribution is 5.70. The highest BCUT2D eigenvalue weighted by Crippen LogP contribution is 2.13. The van der Waals surface area contributed by atoms with Crippen molar-refractivity contribution < 1.29 is 38.2 Å². The predicted molar refractivity (Wildman–Crippen MR) is 235 cm³/mol. The molecule has 0 rings (SSSR count). The summed E-state index contributed by atoms with van der Waals surface area (Å²) < 4.78 is 17.1. The summed E-state index contributed by atoms with van der Waals surface area (Å²) in [4.78, 5) is 36.9. The van der Waals surface area contributed by atoms with E-state index in [0.717, 1.165) is 109 Å². The average Bonchev–Trinajstić information content (AvgIpc) is 3.17. The zero-order chi connectivity index (χ0) is 42.1. The van der Waals surface area contributed by atoms with Crippen LogP contribution in [0.4, 0.5) is 0 Å². The Balaban J connectivity index is 4.41. The van der Waals surface area contributed by atoms with Gasteiger partial charge in [0.05, 0.1) is 40.3 Å². The molecule has 0 aromatic rings. The summed E-state index contributed by atoms with van der Waals surface area (Å²) in [5.74, 6) is -1.79. The van der Waals surface area contributed by atoms with E-state index in [1.165, 1.54) is 12.8 Å². The summed E-state index contributed by atoms with van der Waals surface area (Å²) in [6.45, 7) is 4.38. The van der Waals surface area contributed by atoms with Gasteiger partial charge >= 0.3 is 11.9 Å². The van der Waals surface area contributed by atoms with Crippen LogP contribution in [0.2, 0.25) is 0 Å². The van der Waals surface area contributed by atoms with E-state index in [9.17, 15) is 19.5 Å². The number of carboxylic acids is 1. The lowest BCUT2D eigenvalue weighted by Crippen LogP contribution is -2.55. The number of rotatable bonds is 38. The number of nitrogens with zero attached hydrogens (tertiary/aromatic N) is 1. The van der Waals surface area contributed by atoms with E-state index in [1.54, 1.807) is 21.1 Å². The summed E-state index contributed by atoms with van der Waals surface area (Å²) in [5, 5.41) is 11.6. The third kappa shape index (κ3) is 37.8. The minimum absolute atomic E-state index is 0.0222. The van der Waals surface area contributed by atoms with Gasteiger partial charge in [-0.05, 0) is 83.5 Å². The molecular weight excluding hydrogens is 715 g/mol. The maximum atomic E-state index is 12.7. The van der Waals surface area contributed by atoms with Gasteiger partial charge in [0.2, 0.25) is 0 Å². The normalized spacial score (nSPS) is 13.8. The number of ether oxygens (including phenoxy) is 3. The molecule has 0 aliphatic carbocycles. The summed E-state index contributed by atoms with van der Waals surface area (Å²) in [6, 6.07) is -0.736. The van der Waals surface area contributed by atoms with E-state index in [-0.39, 0.29) is 42.7 Å². The molecule has 0 bridgehead atoms. The third-order valence-electron chi connectivity index (χ3n) is 9.28. The lowest BCUT2D eigenvalue weighted by Gasteiger charge is -2.34. The Morgan fingerprint density at radius 1 is 0.526 bits per heavy atom. The molecule has 0 spiro atoms. The average molecular weight is 796 g/mol. The second-order valence-electron chi connectivity index (χ2n) is 15.5. The van der Waals surface area contributed by atoms with Crippen molar-refractivity contribution >= 4 is 17.9 Å². The van der Waals surface area contributed by atoms with Crippen molar-refractivity contribution in [3.05, 3.63) is 85.1 Å². The van der Waals surface area contributed by atoms with Crippen LogP contribution >= 0.6 is 0 Å². The number of hydrogen-bond acceptors (Lipinski definition) is 7. The Morgan fingerprint density at radius 2 is 0.930 bits per heavy atom. The van der Waals surface area contributed by atoms with Crippen LogP contribution in [0.15, 0.2) is 85.1 Å². The molecule has 0 amide bonds. The van der Waals surface area contributed by atoms with Gasteiger partial charge in [0.1, 0.15) is 12.6 Å². The highest BCUT2D eigenvalue weighted by atomic mass is 16.6. The molecular formula is C49H81NO7. The number of aliphatic carboxylic acids is 1. The van der Waals surface area contributed by atoms with Crippen LogP contribution < -0.4 is 5.11 Å². The van der Waals surface area contributed by atoms with E-state index >= 15 is 0 Å². The first kappa shape index (κ1) is 53.5. The minimum atomic E-state index is -1.13. The molecule has 0 aliphatic rings. The van der Waals surface area contributed by atoms with Gasteiger partial charge in [-0.1, -0.05) is 137 Å². The van der Waals surface area contributed by atoms with Crippen LogP contribution in [0.5, 0.6) is 0 Å². The Labute approximate surface area is 348 Å². The third-order valence-corrected chi connectivity index (χ3v) is 9.28. The first-order chi connectivity index (χ1) is 27.6. The zero-order valence-corrected chi connectivity index (χ0v) is 36.7. The number of carboxylic acid groups (broad SMARTS) is 1. The predicted octanol–water partition coefficient (Wildman–Crippen LogP) is 10.8. The number of allylic oxidation sites excluding steroid dienone is 14. The number of esters is 2. The van der Waals surface area contributed by atoms with Gasteiger partial charge < -0.3 is 28.6 Å². The van der Waals surface area contributed by atoms with E-state index in [4.69, 9.17) is 14.2 Å². The van der Waals surface area contributed by atoms with Crippen LogP contribution in [-0.4, -0.2) is 75.5 Å². The molecule has 0 aliphatic heterocycles. The van der Waals surface area contributed by atoms with E-state index in [1.807, 2.05) is 0 Å². The summed E-state index contributed by atoms with van der Waals surface area (Å²) in [5.41, 5.74) is 0. The van der Waals surface area contributed by atoms with Gasteiger partial charge in [0.15, 0.2) is 6.10 Å². The van der Waals surface area contributed by atoms with Gasteiger partial charge in [0.25, 0.3) is 0 Å². The molecule has 8 heteroatoms. The SMILES string of the molecule is CC/C=C/C/C=C/C/C=C/C/C=C/CCCCCCCCC(=O)OC(COCCC(C(=O)[O-])[N+](C)(C)C)COC(=O)CCCCCC/C=C/C/C=C/C/C=C/CC. The molecule has 0 radical (unpaired) electrons. The fraction of sp³-hybridized carbons (Fsp3) is 0.653. The van der Waals surface area contributed by atoms with Crippen molar-refractivity contribution in [2.24, 2.45) is 0 Å². The molecule has 324 valence electrons. The van der Waals surface area contributed by atoms with Crippen molar-refractivity contribution in [1.29, 1.82) is 0 Å². The fourth-order valence-electron chi connectivity index (χ4n) is 5.90. The Bertz CT molecular complexity index is 1200. The van der Waals surface area contributed by atoms with Crippen LogP contribution in [0.1, 0.15) is 155 Å². The molecule has 0 aromatic heterocycles. The van der Waals surface area contributed by atoms with E-state index in [0.29, 0.717) is 12.8 Å². The van der Waals surface area contributed by atoms with Crippen molar-refractivity contribution in [2.75, 3.05) is 41.0 Å². The maximum Gasteiger partial charge on any atom is 0.306 e. The van der Waals surface area contributed by atoms with Crippen molar-refractivity contribution in [3.8, 4) is 0 Å². The second-order valence-corrected chi connectivity index (χ2v) is 15.5. The van der Waals surface area contributed by atoms with Crippen LogP contribution in [0.25, 0.3) is 0 Å². The molecule has 57 heavy (non-hydrogen) atoms. The fourth-order valence-corrected chi connectivity index (χ4v) is 5.90. The number of carbonyl (C=O) groups is 3. The number of likely N-dealkylation sites (N-methyl/N-ethyl adjacent to an activating group) is 1. The molecule has 0 saturated carbocycles. The highest BCUT2D eigenvalue weighted by Gasteiger charge is 2.25. The molecule has 2 unspecified atom stereocenters. The summed E-state index contributed by atoms with van der Waals surface area (Å²) >= 11 is 0. The number of quaternary nitrogens is 1. The van der Waals surface area contributed by atoms with Crippen LogP contribution in [0.3, 0.4) is 0 Å². The number of hydrogen-bond donors (Lipinski definition) is 0. The molecule has 0 aromatic carbocycles. The summed E-state index contributed by atoms with van der Waals surface area (Å²) in [6.07, 6.45) is 50.3. The maximum absolute atomic E-state index is 12.7. The monoisotopic (exact) mass is 796 g/mol. The van der Waals surface area contributed by atoms with E-state index in [2.05, 4.69) is 98.9 Å². The van der Waals surface area contributed by atoms with Crippen molar-refractivity contribution in [1.82, 2.24) is 0 Å². The molecule has 0 saturated heterocycles. The van der Waals surface area contributed by atoms with Crippen molar-refractivity contribution in [3.63, 3.8) is 0 Å². The second kappa shape index (κ2) is 39.3. The molecule has 0 N–H and O–H groups in total. The molecule has 0 fully saturated rings. The van der Waals surface area contributed by atoms with Crippen LogP contribution in [-0.2, 0) is 28.6 Å². The first-order valence-electron chi connectivity index (χ1n) is 22.1. The summed E-state index contributed by atoms with van der Waals surface area (Å²) in [7, 11) is 5.38. The number of unbranched alkanes of at least 4 members (excludes halogenated alkanes) is 10. The van der Waals surface area contributed by atoms with Gasteiger partial charge in [-0.3, -0.25) is 9.59 Å². The Hall–Kier alpha value is -3.49. The lowest BCUT2D eigenvalue weighted by molar-refractivity contribution is -0.889. The quantitative estimate of drug-likeness (QED) is 0.0265. The first-order valence-corrected chi connectivity index (χ1v) is 22.1. The largest absolute Gasteiger partial charge is 0.544 e. The molecule has 0 heterocycles. The lowest BCUT2D eigenvalue weighted by atomic mass is 10.1. The minimum Gasteiger partial charge on any atom is -0.544 e. The van der Waals surface area contributed by atoms with Gasteiger partial charge in [-0.15, -0.1) is 0 Å². The number of carbonyl (C=O) groups excluding carboxylic acids is 3. The Kier molecular flexibility index (Phi) is 36.9.